The van der Waals surface area contributed by atoms with E-state index in [1.165, 1.54) is 0 Å². The van der Waals surface area contributed by atoms with Crippen molar-refractivity contribution < 1.29 is 4.79 Å². The van der Waals surface area contributed by atoms with Crippen LogP contribution in [-0.4, -0.2) is 53.4 Å². The highest BCUT2D eigenvalue weighted by Crippen LogP contribution is 2.13. The van der Waals surface area contributed by atoms with Gasteiger partial charge in [0.2, 0.25) is 0 Å². The molecular formula is C13H20N4O. The predicted molar refractivity (Wildman–Crippen MR) is 71.3 cm³/mol. The molecule has 0 aliphatic carbocycles. The Bertz CT molecular complexity index is 418. The van der Waals surface area contributed by atoms with Crippen molar-refractivity contribution >= 4 is 11.7 Å². The average Bonchev–Trinajstić information content (AvgIpc) is 2.50. The molecule has 2 N–H and O–H groups in total. The number of hydrogen-bond acceptors (Lipinski definition) is 4. The number of nitrogens with zero attached hydrogens (tertiary/aromatic N) is 3. The van der Waals surface area contributed by atoms with E-state index in [-0.39, 0.29) is 11.9 Å². The standard InChI is InChI=1S/C13H20N4O/c1-10-9-16(2)6-3-7-17(10)13(18)11-4-5-12(14)15-8-11/h4-5,8,10H,3,6-7,9H2,1-2H3,(H2,14,15). The van der Waals surface area contributed by atoms with Gasteiger partial charge in [-0.15, -0.1) is 0 Å². The van der Waals surface area contributed by atoms with Crippen molar-refractivity contribution in [2.45, 2.75) is 19.4 Å². The minimum absolute atomic E-state index is 0.0466. The van der Waals surface area contributed by atoms with Gasteiger partial charge in [-0.3, -0.25) is 4.79 Å². The first-order valence-corrected chi connectivity index (χ1v) is 6.29. The molecule has 1 aromatic rings. The molecule has 0 aromatic carbocycles. The van der Waals surface area contributed by atoms with Crippen molar-refractivity contribution in [1.29, 1.82) is 0 Å². The molecule has 18 heavy (non-hydrogen) atoms. The highest BCUT2D eigenvalue weighted by atomic mass is 16.2. The quantitative estimate of drug-likeness (QED) is 0.799. The Kier molecular flexibility index (Phi) is 3.81. The number of pyridine rings is 1. The summed E-state index contributed by atoms with van der Waals surface area (Å²) in [5.74, 6) is 0.487. The lowest BCUT2D eigenvalue weighted by Crippen LogP contribution is -2.42. The Morgan fingerprint density at radius 2 is 2.22 bits per heavy atom. The van der Waals surface area contributed by atoms with Crippen molar-refractivity contribution in [3.63, 3.8) is 0 Å². The van der Waals surface area contributed by atoms with Crippen LogP contribution in [-0.2, 0) is 0 Å². The number of carbonyl (C=O) groups excluding carboxylic acids is 1. The monoisotopic (exact) mass is 248 g/mol. The van der Waals surface area contributed by atoms with E-state index in [2.05, 4.69) is 23.9 Å². The topological polar surface area (TPSA) is 62.5 Å². The van der Waals surface area contributed by atoms with E-state index in [9.17, 15) is 4.79 Å². The second-order valence-electron chi connectivity index (χ2n) is 4.94. The molecule has 0 bridgehead atoms. The first kappa shape index (κ1) is 12.8. The zero-order valence-corrected chi connectivity index (χ0v) is 11.0. The summed E-state index contributed by atoms with van der Waals surface area (Å²) in [7, 11) is 2.09. The third-order valence-electron chi connectivity index (χ3n) is 3.34. The van der Waals surface area contributed by atoms with E-state index >= 15 is 0 Å². The van der Waals surface area contributed by atoms with Gasteiger partial charge >= 0.3 is 0 Å². The molecule has 1 unspecified atom stereocenters. The Morgan fingerprint density at radius 3 is 2.89 bits per heavy atom. The lowest BCUT2D eigenvalue weighted by molar-refractivity contribution is 0.0696. The van der Waals surface area contributed by atoms with Crippen LogP contribution >= 0.6 is 0 Å². The van der Waals surface area contributed by atoms with Crippen LogP contribution in [0.2, 0.25) is 0 Å². The van der Waals surface area contributed by atoms with Gasteiger partial charge in [-0.25, -0.2) is 4.98 Å². The van der Waals surface area contributed by atoms with Crippen molar-refractivity contribution in [2.24, 2.45) is 0 Å². The van der Waals surface area contributed by atoms with Gasteiger partial charge in [-0.05, 0) is 39.1 Å². The zero-order valence-electron chi connectivity index (χ0n) is 11.0. The summed E-state index contributed by atoms with van der Waals surface area (Å²) < 4.78 is 0. The summed E-state index contributed by atoms with van der Waals surface area (Å²) in [6, 6.07) is 3.64. The third-order valence-corrected chi connectivity index (χ3v) is 3.34. The van der Waals surface area contributed by atoms with Gasteiger partial charge in [-0.1, -0.05) is 0 Å². The van der Waals surface area contributed by atoms with Crippen LogP contribution in [0.3, 0.4) is 0 Å². The van der Waals surface area contributed by atoms with E-state index in [1.807, 2.05) is 4.90 Å². The van der Waals surface area contributed by atoms with Crippen LogP contribution < -0.4 is 5.73 Å². The molecule has 1 aliphatic heterocycles. The fourth-order valence-corrected chi connectivity index (χ4v) is 2.37. The van der Waals surface area contributed by atoms with Gasteiger partial charge in [0.05, 0.1) is 5.56 Å². The lowest BCUT2D eigenvalue weighted by atomic mass is 10.2. The largest absolute Gasteiger partial charge is 0.384 e. The van der Waals surface area contributed by atoms with E-state index < -0.39 is 0 Å². The minimum Gasteiger partial charge on any atom is -0.384 e. The van der Waals surface area contributed by atoms with Gasteiger partial charge in [0.1, 0.15) is 5.82 Å². The molecule has 0 radical (unpaired) electrons. The molecule has 1 aromatic heterocycles. The minimum atomic E-state index is 0.0466. The maximum absolute atomic E-state index is 12.4. The Labute approximate surface area is 108 Å². The molecule has 1 fully saturated rings. The van der Waals surface area contributed by atoms with Gasteiger partial charge in [0, 0.05) is 25.3 Å². The van der Waals surface area contributed by atoms with Crippen LogP contribution in [0.4, 0.5) is 5.82 Å². The maximum atomic E-state index is 12.4. The smallest absolute Gasteiger partial charge is 0.255 e. The molecule has 5 heteroatoms. The summed E-state index contributed by atoms with van der Waals surface area (Å²) >= 11 is 0. The van der Waals surface area contributed by atoms with Gasteiger partial charge in [0.15, 0.2) is 0 Å². The molecular weight excluding hydrogens is 228 g/mol. The Hall–Kier alpha value is -1.62. The average molecular weight is 248 g/mol. The van der Waals surface area contributed by atoms with Crippen LogP contribution in [0.1, 0.15) is 23.7 Å². The van der Waals surface area contributed by atoms with E-state index in [0.717, 1.165) is 26.1 Å². The lowest BCUT2D eigenvalue weighted by Gasteiger charge is -2.28. The number of nitrogens with two attached hydrogens (primary N) is 1. The highest BCUT2D eigenvalue weighted by Gasteiger charge is 2.24. The van der Waals surface area contributed by atoms with Gasteiger partial charge < -0.3 is 15.5 Å². The van der Waals surface area contributed by atoms with Crippen molar-refractivity contribution in [3.05, 3.63) is 23.9 Å². The fraction of sp³-hybridized carbons (Fsp3) is 0.538. The number of rotatable bonds is 1. The van der Waals surface area contributed by atoms with E-state index in [1.54, 1.807) is 18.3 Å². The number of amides is 1. The molecule has 5 nitrogen and oxygen atoms in total. The van der Waals surface area contributed by atoms with Crippen molar-refractivity contribution in [2.75, 3.05) is 32.4 Å². The second kappa shape index (κ2) is 5.35. The van der Waals surface area contributed by atoms with E-state index in [4.69, 9.17) is 5.73 Å². The maximum Gasteiger partial charge on any atom is 0.255 e. The first-order chi connectivity index (χ1) is 8.58. The molecule has 1 aliphatic rings. The van der Waals surface area contributed by atoms with Crippen LogP contribution in [0, 0.1) is 0 Å². The number of anilines is 1. The number of hydrogen-bond donors (Lipinski definition) is 1. The third kappa shape index (κ3) is 2.79. The molecule has 98 valence electrons. The van der Waals surface area contributed by atoms with Crippen LogP contribution in [0.15, 0.2) is 18.3 Å². The molecule has 1 saturated heterocycles. The summed E-state index contributed by atoms with van der Waals surface area (Å²) in [5, 5.41) is 0. The second-order valence-corrected chi connectivity index (χ2v) is 4.94. The Morgan fingerprint density at radius 1 is 1.44 bits per heavy atom. The summed E-state index contributed by atoms with van der Waals surface area (Å²) in [4.78, 5) is 20.6. The number of aromatic nitrogens is 1. The molecule has 0 saturated carbocycles. The molecule has 1 amide bonds. The summed E-state index contributed by atoms with van der Waals surface area (Å²) in [5.41, 5.74) is 6.14. The molecule has 0 spiro atoms. The fourth-order valence-electron chi connectivity index (χ4n) is 2.37. The van der Waals surface area contributed by atoms with E-state index in [0.29, 0.717) is 11.4 Å². The SMILES string of the molecule is CC1CN(C)CCCN1C(=O)c1ccc(N)nc1. The van der Waals surface area contributed by atoms with Gasteiger partial charge in [-0.2, -0.15) is 0 Å². The molecule has 1 atom stereocenters. The number of carbonyl (C=O) groups is 1. The first-order valence-electron chi connectivity index (χ1n) is 6.29. The van der Waals surface area contributed by atoms with Crippen LogP contribution in [0.25, 0.3) is 0 Å². The summed E-state index contributed by atoms with van der Waals surface area (Å²) in [6.07, 6.45) is 2.56. The predicted octanol–water partition coefficient (Wildman–Crippen LogP) is 0.830. The highest BCUT2D eigenvalue weighted by molar-refractivity contribution is 5.94. The van der Waals surface area contributed by atoms with Crippen LogP contribution in [0.5, 0.6) is 0 Å². The summed E-state index contributed by atoms with van der Waals surface area (Å²) in [6.45, 7) is 4.83. The normalized spacial score (nSPS) is 21.7. The van der Waals surface area contributed by atoms with Crippen molar-refractivity contribution in [1.82, 2.24) is 14.8 Å². The van der Waals surface area contributed by atoms with Gasteiger partial charge in [0.25, 0.3) is 5.91 Å². The number of nitrogen functional groups attached to an aromatic ring is 1. The number of likely N-dealkylation sites (N-methyl/N-ethyl adjacent to an activating group) is 1. The molecule has 2 heterocycles. The Balaban J connectivity index is 2.14. The zero-order chi connectivity index (χ0) is 13.1. The van der Waals surface area contributed by atoms with Crippen molar-refractivity contribution in [3.8, 4) is 0 Å². The molecule has 2 rings (SSSR count).